The van der Waals surface area contributed by atoms with Crippen LogP contribution in [-0.2, 0) is 0 Å². The number of benzene rings is 1. The molecule has 1 heterocycles. The Hall–Kier alpha value is -1.19. The molecular weight excluding hydrogens is 288 g/mol. The lowest BCUT2D eigenvalue weighted by Gasteiger charge is -2.20. The largest absolute Gasteiger partial charge is 0.302 e. The zero-order chi connectivity index (χ0) is 13.0. The van der Waals surface area contributed by atoms with Crippen LogP contribution in [-0.4, -0.2) is 4.98 Å². The first-order chi connectivity index (χ1) is 8.66. The standard InChI is InChI=1S/C15H17BrN2/c1-11(13-6-5-7-14(16)10-13)18-12(2)15-8-3-4-9-17-15/h3-12,18H,1-2H3/t11-,12?/m1/s1. The van der Waals surface area contributed by atoms with E-state index in [9.17, 15) is 0 Å². The van der Waals surface area contributed by atoms with Gasteiger partial charge in [-0.2, -0.15) is 0 Å². The maximum atomic E-state index is 4.37. The first-order valence-electron chi connectivity index (χ1n) is 6.09. The van der Waals surface area contributed by atoms with Gasteiger partial charge in [-0.05, 0) is 43.7 Å². The van der Waals surface area contributed by atoms with Crippen LogP contribution in [0.3, 0.4) is 0 Å². The summed E-state index contributed by atoms with van der Waals surface area (Å²) in [5.41, 5.74) is 2.34. The fourth-order valence-electron chi connectivity index (χ4n) is 1.96. The SMILES string of the molecule is CC(N[C@H](C)c1cccc(Br)c1)c1ccccn1. The molecule has 1 N–H and O–H groups in total. The summed E-state index contributed by atoms with van der Waals surface area (Å²) < 4.78 is 1.11. The molecule has 0 amide bonds. The number of hydrogen-bond donors (Lipinski definition) is 1. The van der Waals surface area contributed by atoms with Gasteiger partial charge in [-0.15, -0.1) is 0 Å². The summed E-state index contributed by atoms with van der Waals surface area (Å²) in [4.78, 5) is 4.37. The Kier molecular flexibility index (Phi) is 4.50. The van der Waals surface area contributed by atoms with Crippen molar-refractivity contribution in [3.63, 3.8) is 0 Å². The predicted octanol–water partition coefficient (Wildman–Crippen LogP) is 4.26. The van der Waals surface area contributed by atoms with Crippen LogP contribution in [0.2, 0.25) is 0 Å². The van der Waals surface area contributed by atoms with Gasteiger partial charge in [0.05, 0.1) is 5.69 Å². The molecule has 1 aromatic carbocycles. The fraction of sp³-hybridized carbons (Fsp3) is 0.267. The molecule has 2 aromatic rings. The number of aromatic nitrogens is 1. The molecule has 0 saturated heterocycles. The topological polar surface area (TPSA) is 24.9 Å². The Morgan fingerprint density at radius 1 is 1.06 bits per heavy atom. The first kappa shape index (κ1) is 13.2. The van der Waals surface area contributed by atoms with Crippen molar-refractivity contribution >= 4 is 15.9 Å². The third-order valence-electron chi connectivity index (χ3n) is 2.98. The fourth-order valence-corrected chi connectivity index (χ4v) is 2.38. The summed E-state index contributed by atoms with van der Waals surface area (Å²) >= 11 is 3.50. The Balaban J connectivity index is 2.05. The highest BCUT2D eigenvalue weighted by Gasteiger charge is 2.11. The molecule has 0 spiro atoms. The highest BCUT2D eigenvalue weighted by Crippen LogP contribution is 2.20. The summed E-state index contributed by atoms with van der Waals surface area (Å²) in [7, 11) is 0. The van der Waals surface area contributed by atoms with Crippen molar-refractivity contribution in [3.8, 4) is 0 Å². The molecule has 0 saturated carbocycles. The number of nitrogens with one attached hydrogen (secondary N) is 1. The van der Waals surface area contributed by atoms with E-state index in [4.69, 9.17) is 0 Å². The third kappa shape index (κ3) is 3.40. The van der Waals surface area contributed by atoms with Gasteiger partial charge in [-0.1, -0.05) is 34.1 Å². The van der Waals surface area contributed by atoms with Crippen molar-refractivity contribution < 1.29 is 0 Å². The summed E-state index contributed by atoms with van der Waals surface area (Å²) in [6, 6.07) is 14.9. The lowest BCUT2D eigenvalue weighted by molar-refractivity contribution is 0.486. The van der Waals surface area contributed by atoms with Gasteiger partial charge < -0.3 is 5.32 Å². The van der Waals surface area contributed by atoms with E-state index < -0.39 is 0 Å². The van der Waals surface area contributed by atoms with Crippen molar-refractivity contribution in [2.24, 2.45) is 0 Å². The molecule has 1 unspecified atom stereocenters. The van der Waals surface area contributed by atoms with Gasteiger partial charge in [-0.3, -0.25) is 4.98 Å². The molecule has 0 fully saturated rings. The van der Waals surface area contributed by atoms with E-state index in [2.05, 4.69) is 58.3 Å². The normalized spacial score (nSPS) is 14.2. The van der Waals surface area contributed by atoms with Gasteiger partial charge in [0.25, 0.3) is 0 Å². The van der Waals surface area contributed by atoms with E-state index >= 15 is 0 Å². The van der Waals surface area contributed by atoms with E-state index in [1.54, 1.807) is 0 Å². The zero-order valence-electron chi connectivity index (χ0n) is 10.6. The highest BCUT2D eigenvalue weighted by atomic mass is 79.9. The molecule has 18 heavy (non-hydrogen) atoms. The minimum absolute atomic E-state index is 0.236. The van der Waals surface area contributed by atoms with Crippen LogP contribution in [0.4, 0.5) is 0 Å². The van der Waals surface area contributed by atoms with Crippen molar-refractivity contribution in [2.75, 3.05) is 0 Å². The molecule has 2 atom stereocenters. The van der Waals surface area contributed by atoms with Crippen LogP contribution in [0, 0.1) is 0 Å². The van der Waals surface area contributed by atoms with Crippen LogP contribution in [0.15, 0.2) is 53.1 Å². The van der Waals surface area contributed by atoms with Crippen molar-refractivity contribution in [2.45, 2.75) is 25.9 Å². The van der Waals surface area contributed by atoms with E-state index in [0.717, 1.165) is 10.2 Å². The van der Waals surface area contributed by atoms with Crippen LogP contribution in [0.1, 0.15) is 37.2 Å². The summed E-state index contributed by atoms with van der Waals surface area (Å²) in [5.74, 6) is 0. The lowest BCUT2D eigenvalue weighted by Crippen LogP contribution is -2.23. The van der Waals surface area contributed by atoms with E-state index in [1.165, 1.54) is 5.56 Å². The Labute approximate surface area is 117 Å². The molecule has 0 aliphatic heterocycles. The molecule has 94 valence electrons. The minimum atomic E-state index is 0.236. The molecule has 0 aliphatic carbocycles. The van der Waals surface area contributed by atoms with Gasteiger partial charge in [0.1, 0.15) is 0 Å². The maximum absolute atomic E-state index is 4.37. The van der Waals surface area contributed by atoms with Gasteiger partial charge in [0.2, 0.25) is 0 Å². The lowest BCUT2D eigenvalue weighted by atomic mass is 10.1. The number of nitrogens with zero attached hydrogens (tertiary/aromatic N) is 1. The van der Waals surface area contributed by atoms with Crippen LogP contribution < -0.4 is 5.32 Å². The van der Waals surface area contributed by atoms with Crippen molar-refractivity contribution in [1.29, 1.82) is 0 Å². The Bertz CT molecular complexity index is 499. The monoisotopic (exact) mass is 304 g/mol. The molecule has 0 radical (unpaired) electrons. The maximum Gasteiger partial charge on any atom is 0.0570 e. The minimum Gasteiger partial charge on any atom is -0.302 e. The zero-order valence-corrected chi connectivity index (χ0v) is 12.2. The van der Waals surface area contributed by atoms with Gasteiger partial charge >= 0.3 is 0 Å². The second-order valence-electron chi connectivity index (χ2n) is 4.42. The van der Waals surface area contributed by atoms with E-state index in [-0.39, 0.29) is 6.04 Å². The van der Waals surface area contributed by atoms with Crippen LogP contribution in [0.5, 0.6) is 0 Å². The number of pyridine rings is 1. The van der Waals surface area contributed by atoms with Crippen molar-refractivity contribution in [3.05, 3.63) is 64.4 Å². The summed E-state index contributed by atoms with van der Waals surface area (Å²) in [5, 5.41) is 3.56. The molecular formula is C15H17BrN2. The average Bonchev–Trinajstić information content (AvgIpc) is 2.39. The Morgan fingerprint density at radius 2 is 1.89 bits per heavy atom. The summed E-state index contributed by atoms with van der Waals surface area (Å²) in [6.07, 6.45) is 1.83. The quantitative estimate of drug-likeness (QED) is 0.913. The molecule has 1 aromatic heterocycles. The third-order valence-corrected chi connectivity index (χ3v) is 3.47. The Morgan fingerprint density at radius 3 is 2.56 bits per heavy atom. The molecule has 2 nitrogen and oxygen atoms in total. The number of hydrogen-bond acceptors (Lipinski definition) is 2. The van der Waals surface area contributed by atoms with Crippen LogP contribution >= 0.6 is 15.9 Å². The van der Waals surface area contributed by atoms with Gasteiger partial charge in [0, 0.05) is 22.8 Å². The van der Waals surface area contributed by atoms with E-state index in [1.807, 2.05) is 30.5 Å². The van der Waals surface area contributed by atoms with Crippen LogP contribution in [0.25, 0.3) is 0 Å². The first-order valence-corrected chi connectivity index (χ1v) is 6.88. The molecule has 0 bridgehead atoms. The van der Waals surface area contributed by atoms with Gasteiger partial charge in [0.15, 0.2) is 0 Å². The summed E-state index contributed by atoms with van der Waals surface area (Å²) in [6.45, 7) is 4.30. The average molecular weight is 305 g/mol. The molecule has 0 aliphatic rings. The number of halogens is 1. The molecule has 3 heteroatoms. The highest BCUT2D eigenvalue weighted by molar-refractivity contribution is 9.10. The second-order valence-corrected chi connectivity index (χ2v) is 5.34. The number of rotatable bonds is 4. The molecule has 2 rings (SSSR count). The second kappa shape index (κ2) is 6.12. The predicted molar refractivity (Wildman–Crippen MR) is 78.3 cm³/mol. The van der Waals surface area contributed by atoms with Gasteiger partial charge in [-0.25, -0.2) is 0 Å². The smallest absolute Gasteiger partial charge is 0.0570 e. The van der Waals surface area contributed by atoms with Crippen molar-refractivity contribution in [1.82, 2.24) is 10.3 Å². The van der Waals surface area contributed by atoms with E-state index in [0.29, 0.717) is 6.04 Å².